The van der Waals surface area contributed by atoms with Crippen LogP contribution in [0.3, 0.4) is 0 Å². The van der Waals surface area contributed by atoms with Crippen LogP contribution in [0.4, 0.5) is 22.0 Å². The van der Waals surface area contributed by atoms with Crippen molar-refractivity contribution in [1.29, 1.82) is 0 Å². The van der Waals surface area contributed by atoms with Crippen LogP contribution in [0.25, 0.3) is 0 Å². The summed E-state index contributed by atoms with van der Waals surface area (Å²) >= 11 is -2.64. The van der Waals surface area contributed by atoms with Gasteiger partial charge in [0.25, 0.3) is 0 Å². The van der Waals surface area contributed by atoms with Gasteiger partial charge in [0.05, 0.1) is 6.61 Å². The summed E-state index contributed by atoms with van der Waals surface area (Å²) in [7, 11) is 0. The van der Waals surface area contributed by atoms with Crippen LogP contribution in [0.1, 0.15) is 6.42 Å². The van der Waals surface area contributed by atoms with Gasteiger partial charge >= 0.3 is 17.5 Å². The highest BCUT2D eigenvalue weighted by molar-refractivity contribution is 7.75. The van der Waals surface area contributed by atoms with E-state index in [-0.39, 0.29) is 0 Å². The maximum atomic E-state index is 11.5. The molecule has 3 nitrogen and oxygen atoms in total. The molecule has 1 unspecified atom stereocenters. The Bertz CT molecular complexity index is 183. The summed E-state index contributed by atoms with van der Waals surface area (Å²) in [5.74, 6) is 0. The van der Waals surface area contributed by atoms with Crippen molar-refractivity contribution in [2.75, 3.05) is 13.2 Å². The Hall–Kier alpha value is -0.280. The first-order valence-electron chi connectivity index (χ1n) is 3.34. The molecule has 0 aromatic carbocycles. The molecule has 0 aliphatic heterocycles. The highest BCUT2D eigenvalue weighted by Gasteiger charge is 2.29. The number of hydrogen-bond acceptors (Lipinski definition) is 3. The number of alkyl halides is 5. The first-order valence-corrected chi connectivity index (χ1v) is 4.34. The van der Waals surface area contributed by atoms with Crippen LogP contribution >= 0.6 is 0 Å². The molecule has 0 spiro atoms. The summed E-state index contributed by atoms with van der Waals surface area (Å²) in [6.07, 6.45) is -7.99. The van der Waals surface area contributed by atoms with Crippen molar-refractivity contribution in [3.8, 4) is 0 Å². The van der Waals surface area contributed by atoms with Gasteiger partial charge in [-0.05, 0) is 0 Å². The summed E-state index contributed by atoms with van der Waals surface area (Å²) in [5.41, 5.74) is 0. The average Bonchev–Trinajstić information content (AvgIpc) is 1.99. The Labute approximate surface area is 79.0 Å². The molecule has 0 radical (unpaired) electrons. The standard InChI is InChI=1S/C5H7F5O3S/c6-4(7)1-2-12-14(11)13-3-5(8,9)10/h4H,1-3H2. The van der Waals surface area contributed by atoms with Crippen molar-refractivity contribution < 1.29 is 34.5 Å². The lowest BCUT2D eigenvalue weighted by molar-refractivity contribution is -0.153. The second-order valence-electron chi connectivity index (χ2n) is 2.08. The van der Waals surface area contributed by atoms with Gasteiger partial charge in [-0.2, -0.15) is 17.4 Å². The van der Waals surface area contributed by atoms with Gasteiger partial charge in [0, 0.05) is 6.42 Å². The third kappa shape index (κ3) is 9.81. The Kier molecular flexibility index (Phi) is 6.12. The molecule has 1 atom stereocenters. The zero-order chi connectivity index (χ0) is 11.2. The minimum atomic E-state index is -4.62. The molecule has 0 aromatic heterocycles. The molecule has 0 bridgehead atoms. The Morgan fingerprint density at radius 1 is 1.21 bits per heavy atom. The fraction of sp³-hybridized carbons (Fsp3) is 1.00. The van der Waals surface area contributed by atoms with Crippen molar-refractivity contribution in [3.63, 3.8) is 0 Å². The quantitative estimate of drug-likeness (QED) is 0.666. The van der Waals surface area contributed by atoms with E-state index in [1.807, 2.05) is 0 Å². The molecule has 0 aliphatic rings. The fourth-order valence-corrected chi connectivity index (χ4v) is 0.884. The van der Waals surface area contributed by atoms with Crippen LogP contribution in [-0.2, 0) is 19.7 Å². The minimum absolute atomic E-state index is 0.623. The first kappa shape index (κ1) is 13.7. The van der Waals surface area contributed by atoms with Crippen molar-refractivity contribution in [2.24, 2.45) is 0 Å². The van der Waals surface area contributed by atoms with Gasteiger partial charge in [0.1, 0.15) is 0 Å². The molecule has 0 N–H and O–H groups in total. The monoisotopic (exact) mass is 242 g/mol. The average molecular weight is 242 g/mol. The predicted octanol–water partition coefficient (Wildman–Crippen LogP) is 1.82. The van der Waals surface area contributed by atoms with Gasteiger partial charge in [-0.25, -0.2) is 8.78 Å². The van der Waals surface area contributed by atoms with E-state index in [2.05, 4.69) is 8.37 Å². The maximum absolute atomic E-state index is 11.5. The van der Waals surface area contributed by atoms with E-state index in [9.17, 15) is 26.2 Å². The van der Waals surface area contributed by atoms with E-state index in [0.717, 1.165) is 0 Å². The van der Waals surface area contributed by atoms with Gasteiger partial charge in [0.15, 0.2) is 6.61 Å². The molecule has 0 saturated heterocycles. The summed E-state index contributed by atoms with van der Waals surface area (Å²) in [6, 6.07) is 0. The molecule has 0 saturated carbocycles. The second-order valence-corrected chi connectivity index (χ2v) is 2.96. The third-order valence-electron chi connectivity index (χ3n) is 0.834. The Morgan fingerprint density at radius 2 is 1.79 bits per heavy atom. The highest BCUT2D eigenvalue weighted by atomic mass is 32.2. The number of hydrogen-bond donors (Lipinski definition) is 0. The SMILES string of the molecule is O=S(OCCC(F)F)OCC(F)(F)F. The van der Waals surface area contributed by atoms with E-state index < -0.39 is 43.6 Å². The van der Waals surface area contributed by atoms with Crippen LogP contribution in [0, 0.1) is 0 Å². The molecule has 0 aromatic rings. The van der Waals surface area contributed by atoms with Crippen molar-refractivity contribution in [2.45, 2.75) is 19.0 Å². The van der Waals surface area contributed by atoms with Crippen molar-refractivity contribution >= 4 is 11.4 Å². The molecular formula is C5H7F5O3S. The number of halogens is 5. The van der Waals surface area contributed by atoms with Crippen LogP contribution in [0.2, 0.25) is 0 Å². The minimum Gasteiger partial charge on any atom is -0.268 e. The highest BCUT2D eigenvalue weighted by Crippen LogP contribution is 2.15. The molecule has 0 aliphatic carbocycles. The van der Waals surface area contributed by atoms with E-state index in [4.69, 9.17) is 0 Å². The fourth-order valence-electron chi connectivity index (χ4n) is 0.354. The van der Waals surface area contributed by atoms with E-state index in [0.29, 0.717) is 0 Å². The summed E-state index contributed by atoms with van der Waals surface area (Å²) in [6.45, 7) is -2.36. The van der Waals surface area contributed by atoms with Crippen molar-refractivity contribution in [3.05, 3.63) is 0 Å². The second kappa shape index (κ2) is 6.25. The molecule has 0 rings (SSSR count). The lowest BCUT2D eigenvalue weighted by Crippen LogP contribution is -2.19. The van der Waals surface area contributed by atoms with Crippen LogP contribution < -0.4 is 0 Å². The molecule has 86 valence electrons. The number of rotatable bonds is 6. The molecule has 9 heteroatoms. The van der Waals surface area contributed by atoms with Gasteiger partial charge in [-0.1, -0.05) is 0 Å². The summed E-state index contributed by atoms with van der Waals surface area (Å²) in [5, 5.41) is 0. The summed E-state index contributed by atoms with van der Waals surface area (Å²) in [4.78, 5) is 0. The zero-order valence-electron chi connectivity index (χ0n) is 6.72. The third-order valence-corrected chi connectivity index (χ3v) is 1.50. The lowest BCUT2D eigenvalue weighted by Gasteiger charge is -2.06. The summed E-state index contributed by atoms with van der Waals surface area (Å²) < 4.78 is 75.3. The molecule has 0 heterocycles. The maximum Gasteiger partial charge on any atom is 0.413 e. The van der Waals surface area contributed by atoms with Gasteiger partial charge < -0.3 is 0 Å². The van der Waals surface area contributed by atoms with Crippen LogP contribution in [0.5, 0.6) is 0 Å². The topological polar surface area (TPSA) is 35.5 Å². The largest absolute Gasteiger partial charge is 0.413 e. The zero-order valence-corrected chi connectivity index (χ0v) is 7.54. The molecule has 0 amide bonds. The molecule has 0 fully saturated rings. The van der Waals surface area contributed by atoms with Gasteiger partial charge in [-0.3, -0.25) is 8.37 Å². The van der Waals surface area contributed by atoms with Gasteiger partial charge in [-0.15, -0.1) is 0 Å². The first-order chi connectivity index (χ1) is 6.31. The van der Waals surface area contributed by atoms with Crippen LogP contribution in [-0.4, -0.2) is 30.0 Å². The Balaban J connectivity index is 3.47. The van der Waals surface area contributed by atoms with E-state index in [1.54, 1.807) is 0 Å². The Morgan fingerprint density at radius 3 is 2.21 bits per heavy atom. The van der Waals surface area contributed by atoms with Crippen LogP contribution in [0.15, 0.2) is 0 Å². The molecular weight excluding hydrogens is 235 g/mol. The van der Waals surface area contributed by atoms with Gasteiger partial charge in [0.2, 0.25) is 6.43 Å². The normalized spacial score (nSPS) is 14.7. The van der Waals surface area contributed by atoms with E-state index >= 15 is 0 Å². The van der Waals surface area contributed by atoms with Crippen molar-refractivity contribution in [1.82, 2.24) is 0 Å². The smallest absolute Gasteiger partial charge is 0.268 e. The lowest BCUT2D eigenvalue weighted by atomic mass is 10.5. The van der Waals surface area contributed by atoms with E-state index in [1.165, 1.54) is 0 Å². The predicted molar refractivity (Wildman–Crippen MR) is 36.7 cm³/mol. The molecule has 14 heavy (non-hydrogen) atoms.